The normalized spacial score (nSPS) is 49.4. The maximum atomic E-state index is 13.6. The van der Waals surface area contributed by atoms with Crippen molar-refractivity contribution in [2.75, 3.05) is 0 Å². The van der Waals surface area contributed by atoms with Gasteiger partial charge in [0, 0.05) is 17.3 Å². The predicted molar refractivity (Wildman–Crippen MR) is 134 cm³/mol. The van der Waals surface area contributed by atoms with Crippen molar-refractivity contribution in [2.45, 2.75) is 127 Å². The van der Waals surface area contributed by atoms with E-state index in [1.807, 2.05) is 6.92 Å². The second-order valence-electron chi connectivity index (χ2n) is 14.1. The minimum atomic E-state index is -1.82. The van der Waals surface area contributed by atoms with Crippen LogP contribution in [0, 0.1) is 28.6 Å². The molecule has 1 unspecified atom stereocenters. The number of aliphatic hydroxyl groups is 5. The molecule has 5 aliphatic rings. The smallest absolute Gasteiger partial charge is 0.309 e. The zero-order chi connectivity index (χ0) is 27.4. The van der Waals surface area contributed by atoms with Crippen LogP contribution in [0.2, 0.25) is 0 Å². The van der Waals surface area contributed by atoms with Gasteiger partial charge in [-0.15, -0.1) is 0 Å². The van der Waals surface area contributed by atoms with Gasteiger partial charge in [0.05, 0.1) is 23.7 Å². The molecule has 37 heavy (non-hydrogen) atoms. The molecule has 5 rings (SSSR count). The molecule has 3 saturated carbocycles. The molecule has 0 aromatic rings. The maximum Gasteiger partial charge on any atom is 0.309 e. The van der Waals surface area contributed by atoms with Crippen molar-refractivity contribution in [1.29, 1.82) is 0 Å². The number of esters is 1. The number of ether oxygens (including phenoxy) is 1. The predicted octanol–water partition coefficient (Wildman–Crippen LogP) is 2.18. The lowest BCUT2D eigenvalue weighted by atomic mass is 9.43. The van der Waals surface area contributed by atoms with E-state index in [2.05, 4.69) is 13.8 Å². The third-order valence-corrected chi connectivity index (χ3v) is 11.6. The van der Waals surface area contributed by atoms with E-state index in [1.165, 1.54) is 6.08 Å². The van der Waals surface area contributed by atoms with Crippen molar-refractivity contribution in [3.63, 3.8) is 0 Å². The van der Waals surface area contributed by atoms with E-state index in [1.54, 1.807) is 13.8 Å². The standard InChI is InChI=1S/C29H44O8/c1-16(2)6-7-20(30)26(5,33)19-9-11-28(35)18-12-21(31)29(36)13-22-27(34,14-23(32)37-22)15-25(29,4)17(18)8-10-24(19,28)3/h12,16-17,19-20,22,30,33-36H,6-11,13-15H2,1-5H3/t17?,19-,20+,22+,24+,25+,26+,27+,28+,29+/m0/s1. The first-order valence-corrected chi connectivity index (χ1v) is 14.0. The van der Waals surface area contributed by atoms with Crippen LogP contribution < -0.4 is 0 Å². The van der Waals surface area contributed by atoms with Crippen LogP contribution in [0.4, 0.5) is 0 Å². The van der Waals surface area contributed by atoms with Gasteiger partial charge < -0.3 is 30.3 Å². The van der Waals surface area contributed by atoms with Gasteiger partial charge in [-0.3, -0.25) is 9.59 Å². The van der Waals surface area contributed by atoms with Crippen LogP contribution >= 0.6 is 0 Å². The van der Waals surface area contributed by atoms with Gasteiger partial charge in [-0.05, 0) is 81.3 Å². The molecule has 8 nitrogen and oxygen atoms in total. The third-order valence-electron chi connectivity index (χ3n) is 11.6. The lowest BCUT2D eigenvalue weighted by Crippen LogP contribution is -2.70. The average Bonchev–Trinajstić information content (AvgIpc) is 3.23. The maximum absolute atomic E-state index is 13.6. The summed E-state index contributed by atoms with van der Waals surface area (Å²) in [7, 11) is 0. The van der Waals surface area contributed by atoms with Crippen molar-refractivity contribution < 1.29 is 39.9 Å². The fourth-order valence-corrected chi connectivity index (χ4v) is 9.24. The van der Waals surface area contributed by atoms with Crippen molar-refractivity contribution in [3.05, 3.63) is 11.6 Å². The first-order valence-electron chi connectivity index (χ1n) is 14.0. The fraction of sp³-hybridized carbons (Fsp3) is 0.862. The Morgan fingerprint density at radius 3 is 2.38 bits per heavy atom. The molecule has 0 amide bonds. The molecular formula is C29H44O8. The Bertz CT molecular complexity index is 1030. The van der Waals surface area contributed by atoms with Crippen LogP contribution in [0.1, 0.15) is 92.4 Å². The third kappa shape index (κ3) is 3.45. The second-order valence-corrected chi connectivity index (χ2v) is 14.1. The molecule has 0 spiro atoms. The molecule has 4 fully saturated rings. The van der Waals surface area contributed by atoms with Gasteiger partial charge in [-0.2, -0.15) is 0 Å². The van der Waals surface area contributed by atoms with E-state index in [4.69, 9.17) is 4.74 Å². The Balaban J connectivity index is 1.51. The molecule has 5 N–H and O–H groups in total. The zero-order valence-corrected chi connectivity index (χ0v) is 22.8. The van der Waals surface area contributed by atoms with Gasteiger partial charge in [-0.1, -0.05) is 27.7 Å². The molecule has 0 aromatic carbocycles. The fourth-order valence-electron chi connectivity index (χ4n) is 9.24. The number of hydrogen-bond acceptors (Lipinski definition) is 8. The van der Waals surface area contributed by atoms with Crippen LogP contribution in [0.15, 0.2) is 11.6 Å². The second kappa shape index (κ2) is 8.10. The van der Waals surface area contributed by atoms with Gasteiger partial charge >= 0.3 is 5.97 Å². The molecule has 4 aliphatic carbocycles. The molecule has 1 heterocycles. The quantitative estimate of drug-likeness (QED) is 0.347. The van der Waals surface area contributed by atoms with Gasteiger partial charge in [0.1, 0.15) is 17.3 Å². The summed E-state index contributed by atoms with van der Waals surface area (Å²) in [5.41, 5.74) is -7.42. The van der Waals surface area contributed by atoms with Crippen LogP contribution in [0.25, 0.3) is 0 Å². The summed E-state index contributed by atoms with van der Waals surface area (Å²) >= 11 is 0. The van der Waals surface area contributed by atoms with Crippen LogP contribution in [-0.2, 0) is 14.3 Å². The summed E-state index contributed by atoms with van der Waals surface area (Å²) in [6.07, 6.45) is 2.33. The number of rotatable bonds is 5. The summed E-state index contributed by atoms with van der Waals surface area (Å²) in [6, 6.07) is 0. The van der Waals surface area contributed by atoms with Crippen molar-refractivity contribution >= 4 is 11.8 Å². The Morgan fingerprint density at radius 2 is 1.73 bits per heavy atom. The summed E-state index contributed by atoms with van der Waals surface area (Å²) in [4.78, 5) is 25.7. The number of aliphatic hydroxyl groups excluding tert-OH is 1. The number of carbonyl (C=O) groups excluding carboxylic acids is 2. The minimum absolute atomic E-state index is 0.0164. The molecule has 8 heteroatoms. The summed E-state index contributed by atoms with van der Waals surface area (Å²) in [5, 5.41) is 58.2. The van der Waals surface area contributed by atoms with Crippen LogP contribution in [0.5, 0.6) is 0 Å². The number of fused-ring (bicyclic) bond motifs is 6. The highest BCUT2D eigenvalue weighted by atomic mass is 16.6. The number of hydrogen-bond donors (Lipinski definition) is 5. The van der Waals surface area contributed by atoms with E-state index < -0.39 is 63.1 Å². The molecule has 0 aromatic heterocycles. The Labute approximate surface area is 219 Å². The molecule has 10 atom stereocenters. The number of ketones is 1. The Kier molecular flexibility index (Phi) is 5.97. The minimum Gasteiger partial charge on any atom is -0.459 e. The van der Waals surface area contributed by atoms with Gasteiger partial charge in [0.15, 0.2) is 5.78 Å². The largest absolute Gasteiger partial charge is 0.459 e. The summed E-state index contributed by atoms with van der Waals surface area (Å²) in [5.74, 6) is -1.45. The lowest BCUT2D eigenvalue weighted by molar-refractivity contribution is -0.224. The van der Waals surface area contributed by atoms with Crippen molar-refractivity contribution in [3.8, 4) is 0 Å². The highest BCUT2D eigenvalue weighted by molar-refractivity contribution is 6.00. The SMILES string of the molecule is CC(C)CC[C@@H](O)[C@](C)(O)[C@H]1CC[C@@]2(O)C3=CC(=O)[C@]4(O)C[C@H]5OC(=O)C[C@@]5(O)C[C@]4(C)C3CC[C@]12C. The average molecular weight is 521 g/mol. The van der Waals surface area contributed by atoms with Gasteiger partial charge in [0.25, 0.3) is 0 Å². The lowest BCUT2D eigenvalue weighted by Gasteiger charge is -2.63. The molecular weight excluding hydrogens is 476 g/mol. The first kappa shape index (κ1) is 27.3. The zero-order valence-electron chi connectivity index (χ0n) is 22.8. The van der Waals surface area contributed by atoms with E-state index >= 15 is 0 Å². The van der Waals surface area contributed by atoms with Crippen molar-refractivity contribution in [2.24, 2.45) is 28.6 Å². The van der Waals surface area contributed by atoms with E-state index in [0.29, 0.717) is 43.6 Å². The van der Waals surface area contributed by atoms with Crippen LogP contribution in [0.3, 0.4) is 0 Å². The highest BCUT2D eigenvalue weighted by Gasteiger charge is 2.74. The molecule has 208 valence electrons. The van der Waals surface area contributed by atoms with E-state index in [9.17, 15) is 35.1 Å². The molecule has 0 radical (unpaired) electrons. The summed E-state index contributed by atoms with van der Waals surface area (Å²) < 4.78 is 5.30. The topological polar surface area (TPSA) is 145 Å². The van der Waals surface area contributed by atoms with E-state index in [0.717, 1.165) is 6.42 Å². The monoisotopic (exact) mass is 520 g/mol. The van der Waals surface area contributed by atoms with E-state index in [-0.39, 0.29) is 25.2 Å². The van der Waals surface area contributed by atoms with Gasteiger partial charge in [0.2, 0.25) is 0 Å². The van der Waals surface area contributed by atoms with Crippen molar-refractivity contribution in [1.82, 2.24) is 0 Å². The molecule has 1 aliphatic heterocycles. The highest BCUT2D eigenvalue weighted by Crippen LogP contribution is 2.70. The summed E-state index contributed by atoms with van der Waals surface area (Å²) in [6.45, 7) is 9.56. The molecule has 0 bridgehead atoms. The van der Waals surface area contributed by atoms with Crippen LogP contribution in [-0.4, -0.2) is 71.9 Å². The first-order chi connectivity index (χ1) is 16.9. The number of carbonyl (C=O) groups is 2. The van der Waals surface area contributed by atoms with Gasteiger partial charge in [-0.25, -0.2) is 0 Å². The molecule has 1 saturated heterocycles. The Morgan fingerprint density at radius 1 is 1.05 bits per heavy atom. The Hall–Kier alpha value is -1.32.